The Morgan fingerprint density at radius 2 is 1.83 bits per heavy atom. The minimum absolute atomic E-state index is 0.247. The first kappa shape index (κ1) is 12.8. The molecule has 1 saturated heterocycles. The normalized spacial score (nSPS) is 16.7. The van der Waals surface area contributed by atoms with Crippen LogP contribution in [0.15, 0.2) is 12.1 Å². The van der Waals surface area contributed by atoms with E-state index in [4.69, 9.17) is 5.26 Å². The highest BCUT2D eigenvalue weighted by Crippen LogP contribution is 2.24. The molecule has 1 fully saturated rings. The third kappa shape index (κ3) is 2.29. The van der Waals surface area contributed by atoms with Crippen molar-refractivity contribution in [2.24, 2.45) is 0 Å². The van der Waals surface area contributed by atoms with Crippen LogP contribution in [0.3, 0.4) is 0 Å². The van der Waals surface area contributed by atoms with E-state index in [1.807, 2.05) is 4.90 Å². The van der Waals surface area contributed by atoms with E-state index in [0.29, 0.717) is 13.1 Å². The molecule has 0 saturated carbocycles. The maximum atomic E-state index is 13.8. The van der Waals surface area contributed by atoms with Crippen molar-refractivity contribution in [2.45, 2.75) is 6.92 Å². The predicted octanol–water partition coefficient (Wildman–Crippen LogP) is 1.98. The Balaban J connectivity index is 2.20. The lowest BCUT2D eigenvalue weighted by Gasteiger charge is -2.35. The molecule has 0 radical (unpaired) electrons. The van der Waals surface area contributed by atoms with E-state index in [0.717, 1.165) is 19.6 Å². The Morgan fingerprint density at radius 3 is 2.39 bits per heavy atom. The van der Waals surface area contributed by atoms with E-state index in [2.05, 4.69) is 11.8 Å². The smallest absolute Gasteiger partial charge is 0.183 e. The van der Waals surface area contributed by atoms with Crippen LogP contribution in [-0.4, -0.2) is 37.6 Å². The van der Waals surface area contributed by atoms with Gasteiger partial charge in [0.05, 0.1) is 11.3 Å². The third-order valence-electron chi connectivity index (χ3n) is 3.34. The monoisotopic (exact) mass is 251 g/mol. The largest absolute Gasteiger partial charge is 0.367 e. The number of hydrogen-bond donors (Lipinski definition) is 0. The summed E-state index contributed by atoms with van der Waals surface area (Å²) in [6.45, 7) is 6.09. The van der Waals surface area contributed by atoms with Gasteiger partial charge in [-0.15, -0.1) is 0 Å². The molecular formula is C13H15F2N3. The van der Waals surface area contributed by atoms with Gasteiger partial charge in [0.1, 0.15) is 6.07 Å². The molecule has 1 aliphatic rings. The molecule has 0 N–H and O–H groups in total. The highest BCUT2D eigenvalue weighted by atomic mass is 19.2. The zero-order chi connectivity index (χ0) is 13.1. The van der Waals surface area contributed by atoms with Crippen LogP contribution >= 0.6 is 0 Å². The highest BCUT2D eigenvalue weighted by Gasteiger charge is 2.21. The fourth-order valence-corrected chi connectivity index (χ4v) is 2.17. The molecular weight excluding hydrogens is 236 g/mol. The first-order chi connectivity index (χ1) is 8.67. The van der Waals surface area contributed by atoms with E-state index in [1.54, 1.807) is 6.07 Å². The van der Waals surface area contributed by atoms with Gasteiger partial charge in [0.15, 0.2) is 11.6 Å². The maximum Gasteiger partial charge on any atom is 0.183 e. The molecule has 1 aromatic carbocycles. The molecule has 0 unspecified atom stereocenters. The van der Waals surface area contributed by atoms with Crippen molar-refractivity contribution in [3.63, 3.8) is 0 Å². The summed E-state index contributed by atoms with van der Waals surface area (Å²) in [5.41, 5.74) is 0.00528. The number of benzene rings is 1. The van der Waals surface area contributed by atoms with E-state index in [-0.39, 0.29) is 11.3 Å². The minimum atomic E-state index is -1.05. The van der Waals surface area contributed by atoms with Gasteiger partial charge in [-0.05, 0) is 18.7 Å². The molecule has 18 heavy (non-hydrogen) atoms. The van der Waals surface area contributed by atoms with Gasteiger partial charge < -0.3 is 9.80 Å². The van der Waals surface area contributed by atoms with E-state index in [1.165, 1.54) is 12.1 Å². The molecule has 0 aromatic heterocycles. The molecule has 5 heteroatoms. The highest BCUT2D eigenvalue weighted by molar-refractivity contribution is 5.52. The molecule has 1 aromatic rings. The molecule has 0 aliphatic carbocycles. The third-order valence-corrected chi connectivity index (χ3v) is 3.34. The lowest BCUT2D eigenvalue weighted by Crippen LogP contribution is -2.46. The Labute approximate surface area is 105 Å². The van der Waals surface area contributed by atoms with Gasteiger partial charge >= 0.3 is 0 Å². The number of rotatable bonds is 2. The van der Waals surface area contributed by atoms with Crippen LogP contribution in [0.25, 0.3) is 0 Å². The molecule has 0 spiro atoms. The van der Waals surface area contributed by atoms with Crippen LogP contribution in [0.5, 0.6) is 0 Å². The summed E-state index contributed by atoms with van der Waals surface area (Å²) in [7, 11) is 0. The van der Waals surface area contributed by atoms with Crippen molar-refractivity contribution in [3.8, 4) is 6.07 Å². The number of anilines is 1. The first-order valence-electron chi connectivity index (χ1n) is 6.02. The summed E-state index contributed by atoms with van der Waals surface area (Å²) < 4.78 is 27.4. The number of halogens is 2. The number of likely N-dealkylation sites (N-methyl/N-ethyl adjacent to an activating group) is 1. The van der Waals surface area contributed by atoms with Crippen LogP contribution in [-0.2, 0) is 0 Å². The zero-order valence-electron chi connectivity index (χ0n) is 10.3. The van der Waals surface area contributed by atoms with Gasteiger partial charge in [0, 0.05) is 26.2 Å². The lowest BCUT2D eigenvalue weighted by atomic mass is 10.1. The standard InChI is InChI=1S/C13H15F2N3/c1-2-17-5-7-18(8-6-17)11-4-3-10(9-16)12(14)13(11)15/h3-4H,2,5-8H2,1H3. The van der Waals surface area contributed by atoms with Crippen LogP contribution in [0.1, 0.15) is 12.5 Å². The van der Waals surface area contributed by atoms with Crippen LogP contribution < -0.4 is 4.90 Å². The Bertz CT molecular complexity index is 474. The van der Waals surface area contributed by atoms with Gasteiger partial charge in [0.2, 0.25) is 0 Å². The Kier molecular flexibility index (Phi) is 3.78. The van der Waals surface area contributed by atoms with Gasteiger partial charge in [-0.1, -0.05) is 6.92 Å². The summed E-state index contributed by atoms with van der Waals surface area (Å²) in [4.78, 5) is 4.08. The van der Waals surface area contributed by atoms with Crippen LogP contribution in [0, 0.1) is 23.0 Å². The van der Waals surface area contributed by atoms with Crippen LogP contribution in [0.4, 0.5) is 14.5 Å². The fourth-order valence-electron chi connectivity index (χ4n) is 2.17. The van der Waals surface area contributed by atoms with Crippen molar-refractivity contribution >= 4 is 5.69 Å². The lowest BCUT2D eigenvalue weighted by molar-refractivity contribution is 0.270. The summed E-state index contributed by atoms with van der Waals surface area (Å²) in [5, 5.41) is 8.63. The first-order valence-corrected chi connectivity index (χ1v) is 6.02. The van der Waals surface area contributed by atoms with E-state index < -0.39 is 11.6 Å². The molecule has 3 nitrogen and oxygen atoms in total. The number of nitriles is 1. The van der Waals surface area contributed by atoms with Crippen molar-refractivity contribution in [2.75, 3.05) is 37.6 Å². The average molecular weight is 251 g/mol. The van der Waals surface area contributed by atoms with Crippen LogP contribution in [0.2, 0.25) is 0 Å². The molecule has 0 atom stereocenters. The molecule has 96 valence electrons. The second-order valence-corrected chi connectivity index (χ2v) is 4.29. The minimum Gasteiger partial charge on any atom is -0.367 e. The number of nitrogens with zero attached hydrogens (tertiary/aromatic N) is 3. The Hall–Kier alpha value is -1.67. The van der Waals surface area contributed by atoms with E-state index in [9.17, 15) is 8.78 Å². The fraction of sp³-hybridized carbons (Fsp3) is 0.462. The molecule has 2 rings (SSSR count). The van der Waals surface area contributed by atoms with Gasteiger partial charge in [0.25, 0.3) is 0 Å². The summed E-state index contributed by atoms with van der Waals surface area (Å²) in [5.74, 6) is -1.97. The Morgan fingerprint density at radius 1 is 1.17 bits per heavy atom. The van der Waals surface area contributed by atoms with Crippen molar-refractivity contribution in [1.29, 1.82) is 5.26 Å². The second kappa shape index (κ2) is 5.32. The van der Waals surface area contributed by atoms with Crippen molar-refractivity contribution in [3.05, 3.63) is 29.3 Å². The molecule has 0 bridgehead atoms. The predicted molar refractivity (Wildman–Crippen MR) is 65.4 cm³/mol. The number of hydrogen-bond acceptors (Lipinski definition) is 3. The summed E-state index contributed by atoms with van der Waals surface area (Å²) in [6.07, 6.45) is 0. The average Bonchev–Trinajstić information content (AvgIpc) is 2.42. The quantitative estimate of drug-likeness (QED) is 0.805. The molecule has 1 heterocycles. The zero-order valence-corrected chi connectivity index (χ0v) is 10.3. The molecule has 1 aliphatic heterocycles. The van der Waals surface area contributed by atoms with Crippen molar-refractivity contribution < 1.29 is 8.78 Å². The summed E-state index contributed by atoms with van der Waals surface area (Å²) >= 11 is 0. The maximum absolute atomic E-state index is 13.8. The number of piperazine rings is 1. The van der Waals surface area contributed by atoms with Gasteiger partial charge in [-0.25, -0.2) is 8.78 Å². The van der Waals surface area contributed by atoms with Gasteiger partial charge in [-0.3, -0.25) is 0 Å². The van der Waals surface area contributed by atoms with E-state index >= 15 is 0 Å². The SMILES string of the molecule is CCN1CCN(c2ccc(C#N)c(F)c2F)CC1. The van der Waals surface area contributed by atoms with Crippen molar-refractivity contribution in [1.82, 2.24) is 4.90 Å². The van der Waals surface area contributed by atoms with Gasteiger partial charge in [-0.2, -0.15) is 5.26 Å². The summed E-state index contributed by atoms with van der Waals surface area (Å²) in [6, 6.07) is 4.46. The second-order valence-electron chi connectivity index (χ2n) is 4.29. The molecule has 0 amide bonds. The topological polar surface area (TPSA) is 30.3 Å².